The Morgan fingerprint density at radius 3 is 1.91 bits per heavy atom. The fourth-order valence-corrected chi connectivity index (χ4v) is 4.81. The van der Waals surface area contributed by atoms with Gasteiger partial charge >= 0.3 is 0 Å². The Labute approximate surface area is 193 Å². The number of amides is 1. The Hall–Kier alpha value is -3.65. The molecule has 1 amide bonds. The van der Waals surface area contributed by atoms with Gasteiger partial charge in [0.2, 0.25) is 0 Å². The number of para-hydroxylation sites is 1. The molecule has 0 unspecified atom stereocenters. The van der Waals surface area contributed by atoms with Crippen molar-refractivity contribution >= 4 is 33.1 Å². The molecule has 0 aliphatic carbocycles. The molecule has 170 valence electrons. The number of nitrogens with zero attached hydrogens (tertiary/aromatic N) is 2. The van der Waals surface area contributed by atoms with Crippen molar-refractivity contribution in [1.82, 2.24) is 4.90 Å². The molecule has 0 atom stereocenters. The third kappa shape index (κ3) is 5.23. The van der Waals surface area contributed by atoms with Crippen molar-refractivity contribution in [2.24, 2.45) is 0 Å². The van der Waals surface area contributed by atoms with Crippen LogP contribution in [0, 0.1) is 0 Å². The lowest BCUT2D eigenvalue weighted by Crippen LogP contribution is -2.48. The van der Waals surface area contributed by atoms with Crippen LogP contribution in [0.1, 0.15) is 27.6 Å². The van der Waals surface area contributed by atoms with Crippen LogP contribution >= 0.6 is 0 Å². The maximum Gasteiger partial charge on any atom is 0.261 e. The molecule has 1 aliphatic heterocycles. The molecular formula is C25H25N3O4S. The van der Waals surface area contributed by atoms with Gasteiger partial charge in [-0.3, -0.25) is 14.3 Å². The van der Waals surface area contributed by atoms with E-state index in [0.29, 0.717) is 43.0 Å². The summed E-state index contributed by atoms with van der Waals surface area (Å²) in [5.74, 6) is -0.0897. The molecule has 0 aromatic heterocycles. The first-order chi connectivity index (χ1) is 15.8. The molecule has 1 heterocycles. The molecule has 0 spiro atoms. The van der Waals surface area contributed by atoms with E-state index in [1.54, 1.807) is 48.2 Å². The van der Waals surface area contributed by atoms with Gasteiger partial charge in [0.05, 0.1) is 4.90 Å². The minimum absolute atomic E-state index is 0.0339. The fourth-order valence-electron chi connectivity index (χ4n) is 3.75. The number of nitrogens with one attached hydrogen (secondary N) is 1. The number of hydrogen-bond acceptors (Lipinski definition) is 5. The van der Waals surface area contributed by atoms with Gasteiger partial charge in [-0.05, 0) is 67.6 Å². The van der Waals surface area contributed by atoms with Crippen molar-refractivity contribution in [2.45, 2.75) is 11.8 Å². The Morgan fingerprint density at radius 2 is 1.33 bits per heavy atom. The first-order valence-corrected chi connectivity index (χ1v) is 12.1. The highest BCUT2D eigenvalue weighted by molar-refractivity contribution is 7.92. The average molecular weight is 464 g/mol. The van der Waals surface area contributed by atoms with E-state index in [-0.39, 0.29) is 16.6 Å². The first-order valence-electron chi connectivity index (χ1n) is 10.7. The van der Waals surface area contributed by atoms with Gasteiger partial charge in [0.15, 0.2) is 5.78 Å². The standard InChI is InChI=1S/C25H25N3O4S/c1-19(29)20-7-11-23(12-8-20)27-15-17-28(18-16-27)25(30)21-9-13-24(14-10-21)33(31,32)26-22-5-3-2-4-6-22/h2-14,26H,15-18H2,1H3. The topological polar surface area (TPSA) is 86.8 Å². The van der Waals surface area contributed by atoms with Gasteiger partial charge in [-0.25, -0.2) is 8.42 Å². The second-order valence-electron chi connectivity index (χ2n) is 7.88. The van der Waals surface area contributed by atoms with Crippen LogP contribution in [0.3, 0.4) is 0 Å². The van der Waals surface area contributed by atoms with E-state index in [0.717, 1.165) is 5.69 Å². The van der Waals surface area contributed by atoms with Crippen LogP contribution in [0.2, 0.25) is 0 Å². The molecule has 0 radical (unpaired) electrons. The molecule has 1 aliphatic rings. The molecule has 0 bridgehead atoms. The highest BCUT2D eigenvalue weighted by Crippen LogP contribution is 2.20. The van der Waals surface area contributed by atoms with E-state index in [1.165, 1.54) is 12.1 Å². The number of hydrogen-bond donors (Lipinski definition) is 1. The van der Waals surface area contributed by atoms with E-state index in [1.807, 2.05) is 30.3 Å². The summed E-state index contributed by atoms with van der Waals surface area (Å²) in [7, 11) is -3.73. The van der Waals surface area contributed by atoms with Gasteiger partial charge in [-0.1, -0.05) is 18.2 Å². The highest BCUT2D eigenvalue weighted by Gasteiger charge is 2.23. The van der Waals surface area contributed by atoms with Crippen LogP contribution in [0.25, 0.3) is 0 Å². The normalized spacial score (nSPS) is 14.1. The Balaban J connectivity index is 1.37. The van der Waals surface area contributed by atoms with Crippen LogP contribution in [-0.4, -0.2) is 51.2 Å². The molecule has 7 nitrogen and oxygen atoms in total. The molecule has 3 aromatic rings. The SMILES string of the molecule is CC(=O)c1ccc(N2CCN(C(=O)c3ccc(S(=O)(=O)Nc4ccccc4)cc3)CC2)cc1. The third-order valence-corrected chi connectivity index (χ3v) is 7.04. The minimum Gasteiger partial charge on any atom is -0.368 e. The van der Waals surface area contributed by atoms with E-state index >= 15 is 0 Å². The van der Waals surface area contributed by atoms with Crippen LogP contribution in [0.4, 0.5) is 11.4 Å². The average Bonchev–Trinajstić information content (AvgIpc) is 2.84. The summed E-state index contributed by atoms with van der Waals surface area (Å²) >= 11 is 0. The summed E-state index contributed by atoms with van der Waals surface area (Å²) in [6.45, 7) is 4.02. The Bertz CT molecular complexity index is 1230. The number of rotatable bonds is 6. The number of ketones is 1. The van der Waals surface area contributed by atoms with Gasteiger partial charge < -0.3 is 9.80 Å². The zero-order valence-corrected chi connectivity index (χ0v) is 19.1. The number of carbonyl (C=O) groups excluding carboxylic acids is 2. The molecular weight excluding hydrogens is 438 g/mol. The summed E-state index contributed by atoms with van der Waals surface area (Å²) in [4.78, 5) is 28.4. The van der Waals surface area contributed by atoms with Crippen LogP contribution < -0.4 is 9.62 Å². The van der Waals surface area contributed by atoms with Crippen LogP contribution in [0.5, 0.6) is 0 Å². The van der Waals surface area contributed by atoms with Crippen LogP contribution in [0.15, 0.2) is 83.8 Å². The fraction of sp³-hybridized carbons (Fsp3) is 0.200. The Morgan fingerprint density at radius 1 is 0.758 bits per heavy atom. The first kappa shape index (κ1) is 22.5. The van der Waals surface area contributed by atoms with Gasteiger partial charge in [0.25, 0.3) is 15.9 Å². The van der Waals surface area contributed by atoms with Crippen molar-refractivity contribution in [3.8, 4) is 0 Å². The quantitative estimate of drug-likeness (QED) is 0.564. The summed E-state index contributed by atoms with van der Waals surface area (Å²) < 4.78 is 27.7. The van der Waals surface area contributed by atoms with Crippen molar-refractivity contribution < 1.29 is 18.0 Å². The van der Waals surface area contributed by atoms with E-state index in [4.69, 9.17) is 0 Å². The molecule has 33 heavy (non-hydrogen) atoms. The maximum atomic E-state index is 12.9. The van der Waals surface area contributed by atoms with E-state index in [2.05, 4.69) is 9.62 Å². The van der Waals surface area contributed by atoms with Gasteiger partial charge in [-0.15, -0.1) is 0 Å². The second-order valence-corrected chi connectivity index (χ2v) is 9.56. The molecule has 1 saturated heterocycles. The zero-order valence-electron chi connectivity index (χ0n) is 18.3. The number of piperazine rings is 1. The second kappa shape index (κ2) is 9.46. The van der Waals surface area contributed by atoms with Crippen molar-refractivity contribution in [1.29, 1.82) is 0 Å². The minimum atomic E-state index is -3.73. The zero-order chi connectivity index (χ0) is 23.4. The number of sulfonamides is 1. The van der Waals surface area contributed by atoms with Gasteiger partial charge in [0, 0.05) is 48.7 Å². The van der Waals surface area contributed by atoms with Gasteiger partial charge in [-0.2, -0.15) is 0 Å². The lowest BCUT2D eigenvalue weighted by molar-refractivity contribution is 0.0746. The molecule has 8 heteroatoms. The van der Waals surface area contributed by atoms with Crippen molar-refractivity contribution in [3.05, 3.63) is 90.0 Å². The number of anilines is 2. The largest absolute Gasteiger partial charge is 0.368 e. The van der Waals surface area contributed by atoms with E-state index < -0.39 is 10.0 Å². The predicted molar refractivity (Wildman–Crippen MR) is 128 cm³/mol. The summed E-state index contributed by atoms with van der Waals surface area (Å²) in [5.41, 5.74) is 2.63. The molecule has 3 aromatic carbocycles. The Kier molecular flexibility index (Phi) is 6.46. The third-order valence-electron chi connectivity index (χ3n) is 5.64. The summed E-state index contributed by atoms with van der Waals surface area (Å²) in [6.07, 6.45) is 0. The van der Waals surface area contributed by atoms with Crippen LogP contribution in [-0.2, 0) is 10.0 Å². The number of benzene rings is 3. The van der Waals surface area contributed by atoms with Crippen molar-refractivity contribution in [3.63, 3.8) is 0 Å². The van der Waals surface area contributed by atoms with Gasteiger partial charge in [0.1, 0.15) is 0 Å². The predicted octanol–water partition coefficient (Wildman–Crippen LogP) is 3.65. The maximum absolute atomic E-state index is 12.9. The summed E-state index contributed by atoms with van der Waals surface area (Å²) in [6, 6.07) is 22.1. The smallest absolute Gasteiger partial charge is 0.261 e. The molecule has 1 fully saturated rings. The van der Waals surface area contributed by atoms with E-state index in [9.17, 15) is 18.0 Å². The highest BCUT2D eigenvalue weighted by atomic mass is 32.2. The molecule has 1 N–H and O–H groups in total. The summed E-state index contributed by atoms with van der Waals surface area (Å²) in [5, 5.41) is 0. The molecule has 0 saturated carbocycles. The number of Topliss-reactive ketones (excluding diaryl/α,β-unsaturated/α-hetero) is 1. The lowest BCUT2D eigenvalue weighted by Gasteiger charge is -2.36. The lowest BCUT2D eigenvalue weighted by atomic mass is 10.1. The number of carbonyl (C=O) groups is 2. The molecule has 4 rings (SSSR count). The monoisotopic (exact) mass is 463 g/mol. The van der Waals surface area contributed by atoms with Crippen molar-refractivity contribution in [2.75, 3.05) is 35.8 Å².